The number of halogens is 1. The third kappa shape index (κ3) is 3.26. The number of amides is 1. The maximum Gasteiger partial charge on any atom is 0.270 e. The van der Waals surface area contributed by atoms with E-state index in [-0.39, 0.29) is 5.91 Å². The number of nitrogens with zero attached hydrogens (tertiary/aromatic N) is 1. The van der Waals surface area contributed by atoms with Gasteiger partial charge in [0.1, 0.15) is 5.69 Å². The molecule has 0 unspecified atom stereocenters. The van der Waals surface area contributed by atoms with Crippen molar-refractivity contribution in [3.63, 3.8) is 0 Å². The van der Waals surface area contributed by atoms with Crippen molar-refractivity contribution in [2.75, 3.05) is 13.7 Å². The molecule has 106 valence electrons. The molecule has 1 aromatic heterocycles. The molecular formula is C15H17ClN2O2. The topological polar surface area (TPSA) is 51.2 Å². The zero-order valence-electron chi connectivity index (χ0n) is 11.7. The molecule has 0 saturated heterocycles. The highest BCUT2D eigenvalue weighted by Crippen LogP contribution is 2.22. The van der Waals surface area contributed by atoms with Crippen LogP contribution in [0.4, 0.5) is 0 Å². The highest BCUT2D eigenvalue weighted by atomic mass is 35.5. The highest BCUT2D eigenvalue weighted by Gasteiger charge is 2.19. The molecule has 0 spiro atoms. The first-order chi connectivity index (χ1) is 9.43. The number of hydrogen-bond acceptors (Lipinski definition) is 3. The van der Waals surface area contributed by atoms with E-state index in [9.17, 15) is 4.79 Å². The van der Waals surface area contributed by atoms with E-state index in [0.717, 1.165) is 5.39 Å². The standard InChI is InChI=1S/C15H17ClN2O2/c1-15(2,20-3)9-17-14(19)13-8-11(16)10-6-4-5-7-12(10)18-13/h4-8H,9H2,1-3H3,(H,17,19). The lowest BCUT2D eigenvalue weighted by molar-refractivity contribution is 0.0228. The third-order valence-corrected chi connectivity index (χ3v) is 3.44. The molecule has 1 amide bonds. The molecule has 1 N–H and O–H groups in total. The molecule has 0 aliphatic heterocycles. The summed E-state index contributed by atoms with van der Waals surface area (Å²) in [7, 11) is 1.61. The van der Waals surface area contributed by atoms with Gasteiger partial charge < -0.3 is 10.1 Å². The number of para-hydroxylation sites is 1. The number of carbonyl (C=O) groups excluding carboxylic acids is 1. The van der Waals surface area contributed by atoms with Gasteiger partial charge in [0.15, 0.2) is 0 Å². The number of ether oxygens (including phenoxy) is 1. The number of fused-ring (bicyclic) bond motifs is 1. The molecule has 0 aliphatic rings. The van der Waals surface area contributed by atoms with E-state index in [4.69, 9.17) is 16.3 Å². The zero-order valence-corrected chi connectivity index (χ0v) is 12.5. The number of nitrogens with one attached hydrogen (secondary N) is 1. The van der Waals surface area contributed by atoms with E-state index >= 15 is 0 Å². The first-order valence-corrected chi connectivity index (χ1v) is 6.69. The molecule has 0 fully saturated rings. The smallest absolute Gasteiger partial charge is 0.270 e. The predicted octanol–water partition coefficient (Wildman–Crippen LogP) is 3.04. The predicted molar refractivity (Wildman–Crippen MR) is 80.2 cm³/mol. The molecule has 2 aromatic rings. The number of aromatic nitrogens is 1. The average molecular weight is 293 g/mol. The molecule has 1 aromatic carbocycles. The van der Waals surface area contributed by atoms with Crippen molar-refractivity contribution in [1.82, 2.24) is 10.3 Å². The second kappa shape index (κ2) is 5.77. The molecule has 0 saturated carbocycles. The minimum atomic E-state index is -0.420. The van der Waals surface area contributed by atoms with Gasteiger partial charge in [-0.05, 0) is 26.0 Å². The van der Waals surface area contributed by atoms with Gasteiger partial charge in [-0.1, -0.05) is 29.8 Å². The van der Waals surface area contributed by atoms with Gasteiger partial charge in [-0.25, -0.2) is 4.98 Å². The summed E-state index contributed by atoms with van der Waals surface area (Å²) in [5, 5.41) is 4.15. The number of rotatable bonds is 4. The van der Waals surface area contributed by atoms with E-state index in [2.05, 4.69) is 10.3 Å². The molecule has 5 heteroatoms. The Labute approximate surface area is 123 Å². The van der Waals surface area contributed by atoms with Gasteiger partial charge >= 0.3 is 0 Å². The van der Waals surface area contributed by atoms with Gasteiger partial charge in [0, 0.05) is 19.0 Å². The maximum atomic E-state index is 12.1. The number of benzene rings is 1. The third-order valence-electron chi connectivity index (χ3n) is 3.13. The van der Waals surface area contributed by atoms with Gasteiger partial charge in [-0.3, -0.25) is 4.79 Å². The van der Waals surface area contributed by atoms with Crippen LogP contribution in [-0.2, 0) is 4.74 Å². The summed E-state index contributed by atoms with van der Waals surface area (Å²) >= 11 is 6.18. The summed E-state index contributed by atoms with van der Waals surface area (Å²) in [5.74, 6) is -0.261. The molecule has 1 heterocycles. The van der Waals surface area contributed by atoms with E-state index in [1.165, 1.54) is 0 Å². The minimum absolute atomic E-state index is 0.261. The van der Waals surface area contributed by atoms with Crippen molar-refractivity contribution in [2.24, 2.45) is 0 Å². The molecule has 0 aliphatic carbocycles. The largest absolute Gasteiger partial charge is 0.377 e. The molecule has 20 heavy (non-hydrogen) atoms. The van der Waals surface area contributed by atoms with E-state index in [1.807, 2.05) is 38.1 Å². The van der Waals surface area contributed by atoms with Crippen LogP contribution in [0.25, 0.3) is 10.9 Å². The van der Waals surface area contributed by atoms with Crippen LogP contribution in [0.15, 0.2) is 30.3 Å². The summed E-state index contributed by atoms with van der Waals surface area (Å²) in [6, 6.07) is 9.04. The first-order valence-electron chi connectivity index (χ1n) is 6.31. The minimum Gasteiger partial charge on any atom is -0.377 e. The maximum absolute atomic E-state index is 12.1. The summed E-state index contributed by atoms with van der Waals surface area (Å²) in [6.45, 7) is 4.19. The van der Waals surface area contributed by atoms with Crippen molar-refractivity contribution >= 4 is 28.4 Å². The van der Waals surface area contributed by atoms with Crippen LogP contribution in [0.3, 0.4) is 0 Å². The number of pyridine rings is 1. The molecule has 2 rings (SSSR count). The molecular weight excluding hydrogens is 276 g/mol. The van der Waals surface area contributed by atoms with Crippen LogP contribution in [0.5, 0.6) is 0 Å². The lowest BCUT2D eigenvalue weighted by Gasteiger charge is -2.22. The number of hydrogen-bond donors (Lipinski definition) is 1. The zero-order chi connectivity index (χ0) is 14.8. The Morgan fingerprint density at radius 1 is 1.40 bits per heavy atom. The summed E-state index contributed by atoms with van der Waals surface area (Å²) in [5.41, 5.74) is 0.591. The van der Waals surface area contributed by atoms with E-state index < -0.39 is 5.60 Å². The van der Waals surface area contributed by atoms with Gasteiger partial charge in [0.2, 0.25) is 0 Å². The quantitative estimate of drug-likeness (QED) is 0.942. The number of carbonyl (C=O) groups is 1. The fraction of sp³-hybridized carbons (Fsp3) is 0.333. The Balaban J connectivity index is 2.23. The Bertz CT molecular complexity index is 641. The first kappa shape index (κ1) is 14.8. The Morgan fingerprint density at radius 2 is 2.10 bits per heavy atom. The Kier molecular flexibility index (Phi) is 4.26. The Morgan fingerprint density at radius 3 is 2.80 bits per heavy atom. The van der Waals surface area contributed by atoms with Gasteiger partial charge in [0.05, 0.1) is 16.1 Å². The van der Waals surface area contributed by atoms with Crippen LogP contribution in [-0.4, -0.2) is 30.1 Å². The molecule has 4 nitrogen and oxygen atoms in total. The number of methoxy groups -OCH3 is 1. The van der Waals surface area contributed by atoms with Gasteiger partial charge in [-0.2, -0.15) is 0 Å². The van der Waals surface area contributed by atoms with Gasteiger partial charge in [0.25, 0.3) is 5.91 Å². The Hall–Kier alpha value is -1.65. The van der Waals surface area contributed by atoms with Crippen molar-refractivity contribution in [1.29, 1.82) is 0 Å². The van der Waals surface area contributed by atoms with Crippen molar-refractivity contribution < 1.29 is 9.53 Å². The van der Waals surface area contributed by atoms with E-state index in [1.54, 1.807) is 13.2 Å². The average Bonchev–Trinajstić information content (AvgIpc) is 2.45. The van der Waals surface area contributed by atoms with Crippen molar-refractivity contribution in [3.05, 3.63) is 41.0 Å². The van der Waals surface area contributed by atoms with Crippen LogP contribution < -0.4 is 5.32 Å². The van der Waals surface area contributed by atoms with Crippen molar-refractivity contribution in [2.45, 2.75) is 19.4 Å². The molecule has 0 bridgehead atoms. The second-order valence-corrected chi connectivity index (χ2v) is 5.56. The van der Waals surface area contributed by atoms with Crippen LogP contribution in [0.1, 0.15) is 24.3 Å². The SMILES string of the molecule is COC(C)(C)CNC(=O)c1cc(Cl)c2ccccc2n1. The fourth-order valence-corrected chi connectivity index (χ4v) is 1.97. The van der Waals surface area contributed by atoms with Gasteiger partial charge in [-0.15, -0.1) is 0 Å². The lowest BCUT2D eigenvalue weighted by Crippen LogP contribution is -2.40. The molecule has 0 radical (unpaired) electrons. The molecule has 0 atom stereocenters. The normalized spacial score (nSPS) is 11.6. The van der Waals surface area contributed by atoms with Crippen LogP contribution in [0.2, 0.25) is 5.02 Å². The summed E-state index contributed by atoms with van der Waals surface area (Å²) in [4.78, 5) is 16.4. The van der Waals surface area contributed by atoms with Crippen molar-refractivity contribution in [3.8, 4) is 0 Å². The summed E-state index contributed by atoms with van der Waals surface area (Å²) in [6.07, 6.45) is 0. The van der Waals surface area contributed by atoms with Crippen LogP contribution in [0, 0.1) is 0 Å². The monoisotopic (exact) mass is 292 g/mol. The lowest BCUT2D eigenvalue weighted by atomic mass is 10.1. The second-order valence-electron chi connectivity index (χ2n) is 5.15. The van der Waals surface area contributed by atoms with E-state index in [0.29, 0.717) is 22.8 Å². The van der Waals surface area contributed by atoms with Crippen LogP contribution >= 0.6 is 11.6 Å². The fourth-order valence-electron chi connectivity index (χ4n) is 1.71. The highest BCUT2D eigenvalue weighted by molar-refractivity contribution is 6.35. The summed E-state index contributed by atoms with van der Waals surface area (Å²) < 4.78 is 5.26.